The first kappa shape index (κ1) is 17.4. The lowest BCUT2D eigenvalue weighted by molar-refractivity contribution is 0.196. The zero-order valence-corrected chi connectivity index (χ0v) is 15.4. The van der Waals surface area contributed by atoms with Gasteiger partial charge in [0.2, 0.25) is 5.95 Å². The van der Waals surface area contributed by atoms with E-state index in [-0.39, 0.29) is 0 Å². The molecule has 2 aliphatic rings. The molecule has 0 amide bonds. The fourth-order valence-electron chi connectivity index (χ4n) is 4.19. The van der Waals surface area contributed by atoms with Crippen LogP contribution >= 0.6 is 0 Å². The molecule has 0 aromatic carbocycles. The molecular weight excluding hydrogens is 328 g/mol. The quantitative estimate of drug-likeness (QED) is 0.829. The number of hydrogen-bond donors (Lipinski definition) is 2. The van der Waals surface area contributed by atoms with Gasteiger partial charge in [-0.2, -0.15) is 0 Å². The van der Waals surface area contributed by atoms with Crippen LogP contribution in [-0.4, -0.2) is 48.8 Å². The molecule has 0 unspecified atom stereocenters. The third kappa shape index (κ3) is 3.43. The molecule has 1 aliphatic heterocycles. The van der Waals surface area contributed by atoms with E-state index in [1.165, 1.54) is 0 Å². The molecule has 4 rings (SSSR count). The van der Waals surface area contributed by atoms with Crippen molar-refractivity contribution < 1.29 is 0 Å². The summed E-state index contributed by atoms with van der Waals surface area (Å²) in [5.74, 6) is 3.51. The smallest absolute Gasteiger partial charge is 0.220 e. The van der Waals surface area contributed by atoms with Gasteiger partial charge in [-0.1, -0.05) is 0 Å². The largest absolute Gasteiger partial charge is 0.368 e. The van der Waals surface area contributed by atoms with Crippen LogP contribution in [0.1, 0.15) is 61.8 Å². The van der Waals surface area contributed by atoms with Crippen molar-refractivity contribution in [3.63, 3.8) is 0 Å². The molecule has 0 atom stereocenters. The Hall–Kier alpha value is -2.06. The minimum absolute atomic E-state index is 0.334. The lowest BCUT2D eigenvalue weighted by Gasteiger charge is -2.33. The zero-order chi connectivity index (χ0) is 18.1. The highest BCUT2D eigenvalue weighted by atomic mass is 15.3. The summed E-state index contributed by atoms with van der Waals surface area (Å²) in [6.45, 7) is 6.02. The molecule has 8 heteroatoms. The summed E-state index contributed by atoms with van der Waals surface area (Å²) < 4.78 is 2.29. The van der Waals surface area contributed by atoms with Crippen LogP contribution in [0.5, 0.6) is 0 Å². The average Bonchev–Trinajstić information content (AvgIpc) is 3.01. The molecular formula is C18H28N8. The van der Waals surface area contributed by atoms with E-state index in [2.05, 4.69) is 36.6 Å². The number of piperidine rings is 1. The number of likely N-dealkylation sites (tertiary alicyclic amines) is 1. The second kappa shape index (κ2) is 7.28. The number of hydrogen-bond acceptors (Lipinski definition) is 7. The summed E-state index contributed by atoms with van der Waals surface area (Å²) in [6.07, 6.45) is 5.99. The van der Waals surface area contributed by atoms with Gasteiger partial charge < -0.3 is 16.0 Å². The molecule has 0 bridgehead atoms. The van der Waals surface area contributed by atoms with Crippen LogP contribution in [0, 0.1) is 0 Å². The first-order chi connectivity index (χ1) is 12.6. The van der Waals surface area contributed by atoms with Crippen molar-refractivity contribution >= 4 is 5.95 Å². The Morgan fingerprint density at radius 3 is 2.58 bits per heavy atom. The van der Waals surface area contributed by atoms with Crippen LogP contribution in [0.25, 0.3) is 0 Å². The van der Waals surface area contributed by atoms with Crippen molar-refractivity contribution in [2.75, 3.05) is 18.8 Å². The first-order valence-corrected chi connectivity index (χ1v) is 9.62. The van der Waals surface area contributed by atoms with Crippen molar-refractivity contribution in [3.05, 3.63) is 29.6 Å². The van der Waals surface area contributed by atoms with E-state index in [0.717, 1.165) is 69.2 Å². The molecule has 1 saturated carbocycles. The lowest BCUT2D eigenvalue weighted by atomic mass is 9.80. The Bertz CT molecular complexity index is 743. The maximum Gasteiger partial charge on any atom is 0.220 e. The van der Waals surface area contributed by atoms with Gasteiger partial charge in [0.15, 0.2) is 0 Å². The number of nitrogen functional groups attached to an aromatic ring is 1. The Morgan fingerprint density at radius 2 is 1.92 bits per heavy atom. The van der Waals surface area contributed by atoms with Crippen molar-refractivity contribution in [2.24, 2.45) is 5.73 Å². The van der Waals surface area contributed by atoms with Gasteiger partial charge in [0.05, 0.1) is 6.54 Å². The van der Waals surface area contributed by atoms with E-state index in [9.17, 15) is 0 Å². The van der Waals surface area contributed by atoms with Crippen LogP contribution in [0.3, 0.4) is 0 Å². The maximum absolute atomic E-state index is 5.94. The highest BCUT2D eigenvalue weighted by Crippen LogP contribution is 2.35. The Morgan fingerprint density at radius 1 is 1.15 bits per heavy atom. The van der Waals surface area contributed by atoms with Gasteiger partial charge in [0, 0.05) is 36.3 Å². The Labute approximate surface area is 154 Å². The molecule has 1 aliphatic carbocycles. The SMILES string of the molecule is CCn1c(CN2CCC(c3ccnc(N)n3)CC2)nnc1C1CC(N)C1. The second-order valence-corrected chi connectivity index (χ2v) is 7.54. The van der Waals surface area contributed by atoms with Crippen molar-refractivity contribution in [2.45, 2.75) is 63.6 Å². The van der Waals surface area contributed by atoms with Gasteiger partial charge in [-0.3, -0.25) is 4.90 Å². The van der Waals surface area contributed by atoms with Crippen molar-refractivity contribution in [1.29, 1.82) is 0 Å². The molecule has 2 aromatic heterocycles. The van der Waals surface area contributed by atoms with Crippen LogP contribution < -0.4 is 11.5 Å². The molecule has 2 aromatic rings. The molecule has 1 saturated heterocycles. The Balaban J connectivity index is 1.37. The van der Waals surface area contributed by atoms with Crippen LogP contribution in [-0.2, 0) is 13.1 Å². The maximum atomic E-state index is 5.94. The summed E-state index contributed by atoms with van der Waals surface area (Å²) in [7, 11) is 0. The second-order valence-electron chi connectivity index (χ2n) is 7.54. The monoisotopic (exact) mass is 356 g/mol. The number of anilines is 1. The molecule has 140 valence electrons. The average molecular weight is 356 g/mol. The van der Waals surface area contributed by atoms with E-state index >= 15 is 0 Å². The number of nitrogens with zero attached hydrogens (tertiary/aromatic N) is 6. The van der Waals surface area contributed by atoms with Gasteiger partial charge in [-0.25, -0.2) is 9.97 Å². The Kier molecular flexibility index (Phi) is 4.86. The minimum atomic E-state index is 0.334. The van der Waals surface area contributed by atoms with Gasteiger partial charge >= 0.3 is 0 Å². The van der Waals surface area contributed by atoms with E-state index in [4.69, 9.17) is 11.5 Å². The fourth-order valence-corrected chi connectivity index (χ4v) is 4.19. The lowest BCUT2D eigenvalue weighted by Crippen LogP contribution is -2.36. The molecule has 0 radical (unpaired) electrons. The van der Waals surface area contributed by atoms with Crippen LogP contribution in [0.15, 0.2) is 12.3 Å². The molecule has 3 heterocycles. The van der Waals surface area contributed by atoms with Gasteiger partial charge in [0.25, 0.3) is 0 Å². The van der Waals surface area contributed by atoms with Crippen LogP contribution in [0.4, 0.5) is 5.95 Å². The summed E-state index contributed by atoms with van der Waals surface area (Å²) in [5, 5.41) is 8.97. The molecule has 8 nitrogen and oxygen atoms in total. The first-order valence-electron chi connectivity index (χ1n) is 9.62. The molecule has 4 N–H and O–H groups in total. The summed E-state index contributed by atoms with van der Waals surface area (Å²) >= 11 is 0. The summed E-state index contributed by atoms with van der Waals surface area (Å²) in [6, 6.07) is 2.32. The normalized spacial score (nSPS) is 24.5. The molecule has 2 fully saturated rings. The third-order valence-electron chi connectivity index (χ3n) is 5.78. The van der Waals surface area contributed by atoms with Gasteiger partial charge in [-0.05, 0) is 51.8 Å². The van der Waals surface area contributed by atoms with E-state index in [1.54, 1.807) is 6.20 Å². The third-order valence-corrected chi connectivity index (χ3v) is 5.78. The predicted molar refractivity (Wildman–Crippen MR) is 99.3 cm³/mol. The molecule has 26 heavy (non-hydrogen) atoms. The highest BCUT2D eigenvalue weighted by Gasteiger charge is 2.32. The number of rotatable bonds is 5. The topological polar surface area (TPSA) is 112 Å². The summed E-state index contributed by atoms with van der Waals surface area (Å²) in [5.41, 5.74) is 12.7. The zero-order valence-electron chi connectivity index (χ0n) is 15.4. The number of nitrogens with two attached hydrogens (primary N) is 2. The predicted octanol–water partition coefficient (Wildman–Crippen LogP) is 1.25. The summed E-state index contributed by atoms with van der Waals surface area (Å²) in [4.78, 5) is 10.8. The van der Waals surface area contributed by atoms with E-state index in [1.807, 2.05) is 6.07 Å². The van der Waals surface area contributed by atoms with Crippen molar-refractivity contribution in [1.82, 2.24) is 29.6 Å². The van der Waals surface area contributed by atoms with E-state index in [0.29, 0.717) is 23.8 Å². The van der Waals surface area contributed by atoms with E-state index < -0.39 is 0 Å². The minimum Gasteiger partial charge on any atom is -0.368 e. The standard InChI is InChI=1S/C18H28N8/c1-2-26-16(23-24-17(26)13-9-14(19)10-13)11-25-7-4-12(5-8-25)15-3-6-21-18(20)22-15/h3,6,12-14H,2,4-5,7-11,19H2,1H3,(H2,20,21,22). The highest BCUT2D eigenvalue weighted by molar-refractivity contribution is 5.20. The van der Waals surface area contributed by atoms with Gasteiger partial charge in [-0.15, -0.1) is 10.2 Å². The van der Waals surface area contributed by atoms with Crippen LogP contribution in [0.2, 0.25) is 0 Å². The number of aromatic nitrogens is 5. The molecule has 0 spiro atoms. The van der Waals surface area contributed by atoms with Gasteiger partial charge in [0.1, 0.15) is 11.6 Å². The fraction of sp³-hybridized carbons (Fsp3) is 0.667. The van der Waals surface area contributed by atoms with Crippen molar-refractivity contribution in [3.8, 4) is 0 Å².